The molecule has 226 valence electrons. The lowest BCUT2D eigenvalue weighted by Crippen LogP contribution is -2.55. The second-order valence-corrected chi connectivity index (χ2v) is 12.0. The molecule has 0 saturated carbocycles. The number of piperazine rings is 1. The third-order valence-electron chi connectivity index (χ3n) is 7.58. The van der Waals surface area contributed by atoms with Gasteiger partial charge in [0.15, 0.2) is 0 Å². The fourth-order valence-corrected chi connectivity index (χ4v) is 5.31. The minimum Gasteiger partial charge on any atom is -0.366 e. The van der Waals surface area contributed by atoms with Crippen LogP contribution in [0.5, 0.6) is 0 Å². The van der Waals surface area contributed by atoms with E-state index in [0.29, 0.717) is 43.0 Å². The van der Waals surface area contributed by atoms with Gasteiger partial charge in [0.25, 0.3) is 11.8 Å². The van der Waals surface area contributed by atoms with E-state index >= 15 is 0 Å². The van der Waals surface area contributed by atoms with Crippen LogP contribution in [0.1, 0.15) is 41.5 Å². The van der Waals surface area contributed by atoms with Gasteiger partial charge in [-0.15, -0.1) is 0 Å². The van der Waals surface area contributed by atoms with Gasteiger partial charge in [-0.05, 0) is 74.4 Å². The average Bonchev–Trinajstić information content (AvgIpc) is 3.04. The van der Waals surface area contributed by atoms with Gasteiger partial charge < -0.3 is 25.3 Å². The van der Waals surface area contributed by atoms with Gasteiger partial charge >= 0.3 is 6.03 Å². The predicted octanol–water partition coefficient (Wildman–Crippen LogP) is 6.51. The maximum atomic E-state index is 13.6. The summed E-state index contributed by atoms with van der Waals surface area (Å²) in [6, 6.07) is 32.0. The lowest BCUT2D eigenvalue weighted by molar-refractivity contribution is 0.0991. The molecule has 44 heavy (non-hydrogen) atoms. The van der Waals surface area contributed by atoms with Gasteiger partial charge in [-0.2, -0.15) is 0 Å². The van der Waals surface area contributed by atoms with Gasteiger partial charge in [-0.1, -0.05) is 60.7 Å². The van der Waals surface area contributed by atoms with E-state index in [9.17, 15) is 14.4 Å². The Kier molecular flexibility index (Phi) is 8.99. The molecule has 5 rings (SSSR count). The van der Waals surface area contributed by atoms with E-state index in [1.807, 2.05) is 105 Å². The smallest absolute Gasteiger partial charge is 0.317 e. The first-order valence-corrected chi connectivity index (χ1v) is 14.9. The normalized spacial score (nSPS) is 13.3. The average molecular weight is 590 g/mol. The molecule has 8 heteroatoms. The monoisotopic (exact) mass is 589 g/mol. The minimum absolute atomic E-state index is 0.0576. The molecule has 1 heterocycles. The molecule has 0 unspecified atom stereocenters. The van der Waals surface area contributed by atoms with E-state index in [1.54, 1.807) is 36.2 Å². The fraction of sp³-hybridized carbons (Fsp3) is 0.250. The zero-order valence-corrected chi connectivity index (χ0v) is 25.7. The number of nitrogens with one attached hydrogen (secondary N) is 2. The van der Waals surface area contributed by atoms with E-state index in [4.69, 9.17) is 0 Å². The second kappa shape index (κ2) is 13.0. The summed E-state index contributed by atoms with van der Waals surface area (Å²) in [6.07, 6.45) is 0. The Morgan fingerprint density at radius 2 is 1.34 bits per heavy atom. The molecule has 0 atom stereocenters. The van der Waals surface area contributed by atoms with Crippen LogP contribution in [-0.4, -0.2) is 61.5 Å². The second-order valence-electron chi connectivity index (χ2n) is 12.0. The van der Waals surface area contributed by atoms with Gasteiger partial charge in [0, 0.05) is 55.6 Å². The van der Waals surface area contributed by atoms with Crippen LogP contribution in [0.25, 0.3) is 11.1 Å². The number of nitrogens with zero attached hydrogens (tertiary/aromatic N) is 3. The summed E-state index contributed by atoms with van der Waals surface area (Å²) < 4.78 is 0. The largest absolute Gasteiger partial charge is 0.366 e. The Labute approximate surface area is 259 Å². The molecule has 1 aliphatic heterocycles. The summed E-state index contributed by atoms with van der Waals surface area (Å²) in [4.78, 5) is 45.1. The van der Waals surface area contributed by atoms with Crippen LogP contribution in [0.15, 0.2) is 103 Å². The number of amides is 4. The van der Waals surface area contributed by atoms with Crippen LogP contribution in [-0.2, 0) is 0 Å². The molecule has 0 spiro atoms. The number of para-hydroxylation sites is 2. The summed E-state index contributed by atoms with van der Waals surface area (Å²) in [5.41, 5.74) is 4.95. The molecule has 1 fully saturated rings. The summed E-state index contributed by atoms with van der Waals surface area (Å²) in [7, 11) is 1.77. The van der Waals surface area contributed by atoms with Crippen LogP contribution < -0.4 is 20.4 Å². The first-order valence-electron chi connectivity index (χ1n) is 14.9. The van der Waals surface area contributed by atoms with Crippen LogP contribution in [0.2, 0.25) is 0 Å². The van der Waals surface area contributed by atoms with Crippen molar-refractivity contribution in [2.24, 2.45) is 0 Å². The summed E-state index contributed by atoms with van der Waals surface area (Å²) in [5, 5.41) is 6.00. The van der Waals surface area contributed by atoms with Crippen molar-refractivity contribution in [2.75, 3.05) is 48.3 Å². The van der Waals surface area contributed by atoms with Crippen molar-refractivity contribution >= 4 is 34.9 Å². The van der Waals surface area contributed by atoms with Crippen molar-refractivity contribution in [3.8, 4) is 11.1 Å². The van der Waals surface area contributed by atoms with Gasteiger partial charge in [0.2, 0.25) is 0 Å². The zero-order chi connectivity index (χ0) is 31.3. The number of hydrogen-bond acceptors (Lipinski definition) is 4. The Bertz CT molecular complexity index is 1620. The Morgan fingerprint density at radius 1 is 0.727 bits per heavy atom. The van der Waals surface area contributed by atoms with Crippen molar-refractivity contribution in [1.29, 1.82) is 0 Å². The quantitative estimate of drug-likeness (QED) is 0.269. The summed E-state index contributed by atoms with van der Waals surface area (Å²) >= 11 is 0. The van der Waals surface area contributed by atoms with Gasteiger partial charge in [-0.3, -0.25) is 9.59 Å². The van der Waals surface area contributed by atoms with Gasteiger partial charge in [0.05, 0.1) is 11.4 Å². The lowest BCUT2D eigenvalue weighted by atomic mass is 9.99. The third kappa shape index (κ3) is 7.09. The first kappa shape index (κ1) is 30.4. The summed E-state index contributed by atoms with van der Waals surface area (Å²) in [5.74, 6) is -0.376. The first-order chi connectivity index (χ1) is 21.1. The van der Waals surface area contributed by atoms with Gasteiger partial charge in [0.1, 0.15) is 0 Å². The molecular formula is C36H39N5O3. The van der Waals surface area contributed by atoms with Crippen molar-refractivity contribution in [1.82, 2.24) is 10.2 Å². The van der Waals surface area contributed by atoms with E-state index in [2.05, 4.69) is 15.5 Å². The number of carbonyl (C=O) groups is 3. The number of urea groups is 1. The molecule has 1 saturated heterocycles. The number of carbonyl (C=O) groups excluding carboxylic acids is 3. The molecule has 0 aliphatic carbocycles. The fourth-order valence-electron chi connectivity index (χ4n) is 5.31. The van der Waals surface area contributed by atoms with Crippen molar-refractivity contribution in [3.05, 3.63) is 114 Å². The van der Waals surface area contributed by atoms with Crippen molar-refractivity contribution in [2.45, 2.75) is 26.3 Å². The number of benzene rings is 4. The standard InChI is InChI=1S/C36H39N5O3/c1-36(2,3)38-35(44)41-24-22-40(23-25-41)32-17-11-10-16-31(32)39(4)34(43)27-18-20-28(21-19-27)37-33(42)30-15-9-8-14-29(30)26-12-6-5-7-13-26/h5-21H,22-25H2,1-4H3,(H,37,42)(H,38,44). The number of hydrogen-bond donors (Lipinski definition) is 2. The molecule has 4 aromatic carbocycles. The SMILES string of the molecule is CN(C(=O)c1ccc(NC(=O)c2ccccc2-c2ccccc2)cc1)c1ccccc1N1CCN(C(=O)NC(C)(C)C)CC1. The molecule has 2 N–H and O–H groups in total. The van der Waals surface area contributed by atoms with E-state index in [1.165, 1.54) is 0 Å². The molecule has 0 radical (unpaired) electrons. The van der Waals surface area contributed by atoms with Crippen molar-refractivity contribution in [3.63, 3.8) is 0 Å². The molecular weight excluding hydrogens is 550 g/mol. The predicted molar refractivity (Wildman–Crippen MR) is 178 cm³/mol. The highest BCUT2D eigenvalue weighted by Crippen LogP contribution is 2.31. The van der Waals surface area contributed by atoms with Gasteiger partial charge in [-0.25, -0.2) is 4.79 Å². The highest BCUT2D eigenvalue weighted by Gasteiger charge is 2.26. The molecule has 0 bridgehead atoms. The van der Waals surface area contributed by atoms with Crippen molar-refractivity contribution < 1.29 is 14.4 Å². The van der Waals surface area contributed by atoms with Crippen LogP contribution in [0, 0.1) is 0 Å². The highest BCUT2D eigenvalue weighted by molar-refractivity contribution is 6.10. The Hall–Kier alpha value is -5.11. The molecule has 4 amide bonds. The third-order valence-corrected chi connectivity index (χ3v) is 7.58. The Balaban J connectivity index is 1.25. The summed E-state index contributed by atoms with van der Waals surface area (Å²) in [6.45, 7) is 8.44. The van der Waals surface area contributed by atoms with Crippen LogP contribution in [0.3, 0.4) is 0 Å². The Morgan fingerprint density at radius 3 is 2.02 bits per heavy atom. The topological polar surface area (TPSA) is 85.0 Å². The molecule has 8 nitrogen and oxygen atoms in total. The zero-order valence-electron chi connectivity index (χ0n) is 25.7. The van der Waals surface area contributed by atoms with Crippen LogP contribution in [0.4, 0.5) is 21.9 Å². The highest BCUT2D eigenvalue weighted by atomic mass is 16.2. The molecule has 0 aromatic heterocycles. The minimum atomic E-state index is -0.290. The maximum absolute atomic E-state index is 13.6. The van der Waals surface area contributed by atoms with E-state index < -0.39 is 0 Å². The lowest BCUT2D eigenvalue weighted by Gasteiger charge is -2.38. The molecule has 4 aromatic rings. The number of anilines is 3. The number of rotatable bonds is 6. The van der Waals surface area contributed by atoms with E-state index in [-0.39, 0.29) is 23.4 Å². The molecule has 1 aliphatic rings. The van der Waals surface area contributed by atoms with E-state index in [0.717, 1.165) is 22.5 Å². The maximum Gasteiger partial charge on any atom is 0.317 e. The van der Waals surface area contributed by atoms with Crippen LogP contribution >= 0.6 is 0 Å².